The number of benzene rings is 2. The van der Waals surface area contributed by atoms with Crippen molar-refractivity contribution in [3.05, 3.63) is 70.4 Å². The Hall–Kier alpha value is -3.99. The van der Waals surface area contributed by atoms with Gasteiger partial charge >= 0.3 is 11.9 Å². The maximum Gasteiger partial charge on any atom is 0.338 e. The minimum absolute atomic E-state index is 0.0135. The van der Waals surface area contributed by atoms with Crippen LogP contribution in [0.1, 0.15) is 78.8 Å². The van der Waals surface area contributed by atoms with Crippen molar-refractivity contribution in [3.8, 4) is 0 Å². The zero-order chi connectivity index (χ0) is 45.6. The standard InChI is InChI=1S/C34H44N2O19S5/c1-33(2)27(35(11-6-14-56(40,41)42)25-19-21(59(49,50)51)17-23(29(25)33)31(37)38)9-5-10-28-34(3,4)30-24(32(39)55-13-8-16-58(46,47)48)18-22(60(52,53)54)20-26(30)36(28)12-7-15-57(43,44)45/h5,9-10,17-20,28H,6-8,11-16H2,1-4H3,(H,37,38)(H,40,41,42)(H,43,44,45)(H,46,47,48)(H,49,50,51)(H,52,53,54)/b10-5+,27-9+. The molecule has 334 valence electrons. The molecule has 2 aromatic carbocycles. The second-order valence-electron chi connectivity index (χ2n) is 15.1. The van der Waals surface area contributed by atoms with E-state index in [0.29, 0.717) is 0 Å². The van der Waals surface area contributed by atoms with Gasteiger partial charge in [-0.3, -0.25) is 22.8 Å². The number of hydrogen-bond acceptors (Lipinski definition) is 15. The van der Waals surface area contributed by atoms with Crippen molar-refractivity contribution in [3.63, 3.8) is 0 Å². The van der Waals surface area contributed by atoms with Crippen molar-refractivity contribution in [1.82, 2.24) is 0 Å². The van der Waals surface area contributed by atoms with Crippen LogP contribution in [0.15, 0.2) is 58.0 Å². The number of fused-ring (bicyclic) bond motifs is 2. The molecule has 0 saturated heterocycles. The molecule has 1 unspecified atom stereocenters. The average molecular weight is 945 g/mol. The van der Waals surface area contributed by atoms with E-state index in [1.165, 1.54) is 22.0 Å². The predicted molar refractivity (Wildman–Crippen MR) is 215 cm³/mol. The zero-order valence-electron chi connectivity index (χ0n) is 32.4. The first-order valence-electron chi connectivity index (χ1n) is 17.7. The van der Waals surface area contributed by atoms with Crippen molar-refractivity contribution in [1.29, 1.82) is 0 Å². The first kappa shape index (κ1) is 48.7. The molecular weight excluding hydrogens is 901 g/mol. The SMILES string of the molecule is CC1(C)/C(=C\C=C\C2N(CCCS(=O)(=O)O)c3cc(S(=O)(=O)O)cc(C(=O)OCCCS(=O)(=O)O)c3C2(C)C)N(CCCS(=O)(=O)O)c2cc(S(=O)(=O)O)cc(C(=O)O)c21. The highest BCUT2D eigenvalue weighted by Crippen LogP contribution is 2.51. The van der Waals surface area contributed by atoms with E-state index in [2.05, 4.69) is 0 Å². The molecule has 21 nitrogen and oxygen atoms in total. The van der Waals surface area contributed by atoms with E-state index in [1.807, 2.05) is 0 Å². The zero-order valence-corrected chi connectivity index (χ0v) is 36.5. The molecule has 6 N–H and O–H groups in total. The van der Waals surface area contributed by atoms with Crippen molar-refractivity contribution < 1.29 is 84.3 Å². The first-order valence-corrected chi connectivity index (χ1v) is 25.4. The van der Waals surface area contributed by atoms with Gasteiger partial charge in [-0.15, -0.1) is 0 Å². The monoisotopic (exact) mass is 944 g/mol. The van der Waals surface area contributed by atoms with Crippen molar-refractivity contribution in [2.75, 3.05) is 46.8 Å². The minimum Gasteiger partial charge on any atom is -0.478 e. The van der Waals surface area contributed by atoms with Crippen molar-refractivity contribution in [2.24, 2.45) is 0 Å². The molecule has 4 rings (SSSR count). The molecule has 2 aromatic rings. The summed E-state index contributed by atoms with van der Waals surface area (Å²) in [6.07, 6.45) is 3.66. The van der Waals surface area contributed by atoms with E-state index in [-0.39, 0.29) is 66.1 Å². The molecule has 2 aliphatic heterocycles. The van der Waals surface area contributed by atoms with E-state index < -0.39 is 119 Å². The Morgan fingerprint density at radius 1 is 0.683 bits per heavy atom. The van der Waals surface area contributed by atoms with Crippen molar-refractivity contribution >= 4 is 73.9 Å². The second kappa shape index (κ2) is 17.1. The number of carbonyl (C=O) groups is 2. The number of nitrogens with zero attached hydrogens (tertiary/aromatic N) is 2. The maximum atomic E-state index is 13.5. The van der Waals surface area contributed by atoms with Gasteiger partial charge in [0.15, 0.2) is 0 Å². The highest BCUT2D eigenvalue weighted by molar-refractivity contribution is 7.86. The molecule has 0 aromatic heterocycles. The molecule has 0 bridgehead atoms. The summed E-state index contributed by atoms with van der Waals surface area (Å²) < 4.78 is 172. The van der Waals surface area contributed by atoms with E-state index in [0.717, 1.165) is 24.3 Å². The molecule has 1 atom stereocenters. The van der Waals surface area contributed by atoms with Crippen molar-refractivity contribution in [2.45, 2.75) is 73.6 Å². The van der Waals surface area contributed by atoms with Crippen LogP contribution in [0.5, 0.6) is 0 Å². The fraction of sp³-hybridized carbons (Fsp3) is 0.471. The number of carboxylic acid groups (broad SMARTS) is 1. The Labute approximate surface area is 347 Å². The summed E-state index contributed by atoms with van der Waals surface area (Å²) >= 11 is 0. The number of aromatic carboxylic acids is 1. The number of carboxylic acids is 1. The Morgan fingerprint density at radius 2 is 1.17 bits per heavy atom. The second-order valence-corrected chi connectivity index (χ2v) is 22.7. The van der Waals surface area contributed by atoms with Crippen LogP contribution >= 0.6 is 0 Å². The highest BCUT2D eigenvalue weighted by atomic mass is 32.2. The third-order valence-electron chi connectivity index (χ3n) is 10.0. The number of esters is 1. The van der Waals surface area contributed by atoms with Gasteiger partial charge in [-0.1, -0.05) is 39.8 Å². The maximum absolute atomic E-state index is 13.5. The molecule has 0 radical (unpaired) electrons. The van der Waals surface area contributed by atoms with Crippen LogP contribution in [0.3, 0.4) is 0 Å². The van der Waals surface area contributed by atoms with Crippen LogP contribution in [0.25, 0.3) is 0 Å². The average Bonchev–Trinajstić information content (AvgIpc) is 3.42. The van der Waals surface area contributed by atoms with Crippen LogP contribution in [0.2, 0.25) is 0 Å². The summed E-state index contributed by atoms with van der Waals surface area (Å²) in [5.74, 6) is -4.95. The molecule has 2 heterocycles. The summed E-state index contributed by atoms with van der Waals surface area (Å²) in [6.45, 7) is 5.48. The van der Waals surface area contributed by atoms with Gasteiger partial charge in [-0.25, -0.2) is 9.59 Å². The molecule has 26 heteroatoms. The van der Waals surface area contributed by atoms with Gasteiger partial charge in [0.2, 0.25) is 0 Å². The number of rotatable bonds is 18. The summed E-state index contributed by atoms with van der Waals surface area (Å²) in [5.41, 5.74) is -2.87. The minimum atomic E-state index is -5.02. The molecular formula is C34H44N2O19S5. The number of hydrogen-bond donors (Lipinski definition) is 6. The van der Waals surface area contributed by atoms with Gasteiger partial charge in [0, 0.05) is 46.6 Å². The van der Waals surface area contributed by atoms with Crippen LogP contribution in [-0.2, 0) is 66.2 Å². The lowest BCUT2D eigenvalue weighted by atomic mass is 9.78. The van der Waals surface area contributed by atoms with Gasteiger partial charge in [-0.05, 0) is 55.2 Å². The number of allylic oxidation sites excluding steroid dienone is 3. The van der Waals surface area contributed by atoms with Crippen LogP contribution in [0, 0.1) is 0 Å². The highest BCUT2D eigenvalue weighted by Gasteiger charge is 2.47. The fourth-order valence-electron chi connectivity index (χ4n) is 7.59. The van der Waals surface area contributed by atoms with Crippen LogP contribution < -0.4 is 9.80 Å². The largest absolute Gasteiger partial charge is 0.478 e. The normalized spacial score (nSPS) is 18.6. The Morgan fingerprint density at radius 3 is 1.67 bits per heavy atom. The quantitative estimate of drug-likeness (QED) is 0.0710. The van der Waals surface area contributed by atoms with Crippen LogP contribution in [0.4, 0.5) is 11.4 Å². The smallest absolute Gasteiger partial charge is 0.338 e. The number of carbonyl (C=O) groups excluding carboxylic acids is 1. The first-order chi connectivity index (χ1) is 27.2. The van der Waals surface area contributed by atoms with Gasteiger partial charge in [0.1, 0.15) is 0 Å². The molecule has 0 fully saturated rings. The van der Waals surface area contributed by atoms with E-state index >= 15 is 0 Å². The van der Waals surface area contributed by atoms with Gasteiger partial charge in [-0.2, -0.15) is 42.1 Å². The lowest BCUT2D eigenvalue weighted by Gasteiger charge is -2.32. The molecule has 60 heavy (non-hydrogen) atoms. The van der Waals surface area contributed by atoms with Gasteiger partial charge in [0.05, 0.1) is 50.8 Å². The lowest BCUT2D eigenvalue weighted by molar-refractivity contribution is 0.0501. The third kappa shape index (κ3) is 11.3. The van der Waals surface area contributed by atoms with Crippen LogP contribution in [-0.4, -0.2) is 125 Å². The molecule has 0 aliphatic carbocycles. The number of anilines is 2. The van der Waals surface area contributed by atoms with E-state index in [9.17, 15) is 75.0 Å². The number of ether oxygens (including phenoxy) is 1. The molecule has 0 saturated carbocycles. The van der Waals surface area contributed by atoms with Gasteiger partial charge < -0.3 is 19.6 Å². The Bertz CT molecular complexity index is 2710. The molecule has 2 aliphatic rings. The Kier molecular flexibility index (Phi) is 13.8. The summed E-state index contributed by atoms with van der Waals surface area (Å²) in [4.78, 5) is 27.4. The molecule has 0 spiro atoms. The Balaban J connectivity index is 1.92. The van der Waals surface area contributed by atoms with E-state index in [1.54, 1.807) is 33.8 Å². The summed E-state index contributed by atoms with van der Waals surface area (Å²) in [5, 5.41) is 10.1. The molecule has 0 amide bonds. The topological polar surface area (TPSA) is 342 Å². The van der Waals surface area contributed by atoms with Gasteiger partial charge in [0.25, 0.3) is 50.6 Å². The third-order valence-corrected chi connectivity index (χ3v) is 14.1. The summed E-state index contributed by atoms with van der Waals surface area (Å²) in [7, 11) is -23.4. The van der Waals surface area contributed by atoms with E-state index in [4.69, 9.17) is 9.29 Å². The summed E-state index contributed by atoms with van der Waals surface area (Å²) in [6, 6.07) is 2.74. The predicted octanol–water partition coefficient (Wildman–Crippen LogP) is 2.57. The fourth-order valence-corrected chi connectivity index (χ4v) is 10.1. The lowest BCUT2D eigenvalue weighted by Crippen LogP contribution is -2.41.